The second-order valence-electron chi connectivity index (χ2n) is 2.54. The summed E-state index contributed by atoms with van der Waals surface area (Å²) in [6.45, 7) is 0. The second-order valence-corrected chi connectivity index (χ2v) is 3.96. The van der Waals surface area contributed by atoms with Crippen molar-refractivity contribution in [1.82, 2.24) is 9.97 Å². The fourth-order valence-corrected chi connectivity index (χ4v) is 1.25. The maximum atomic E-state index is 10.4. The van der Waals surface area contributed by atoms with Crippen LogP contribution in [0.2, 0.25) is 0 Å². The zero-order valence-corrected chi connectivity index (χ0v) is 8.55. The van der Waals surface area contributed by atoms with Crippen molar-refractivity contribution in [2.45, 2.75) is 4.90 Å². The highest BCUT2D eigenvalue weighted by atomic mass is 32.2. The topological polar surface area (TPSA) is 83.1 Å². The van der Waals surface area contributed by atoms with Gasteiger partial charge in [-0.15, -0.1) is 0 Å². The summed E-state index contributed by atoms with van der Waals surface area (Å²) in [6.07, 6.45) is 6.34. The summed E-state index contributed by atoms with van der Waals surface area (Å²) in [5.41, 5.74) is 0. The molecule has 0 aliphatic heterocycles. The van der Waals surface area contributed by atoms with Crippen LogP contribution >= 0.6 is 0 Å². The molecule has 5 nitrogen and oxygen atoms in total. The largest absolute Gasteiger partial charge is 0.368 e. The minimum absolute atomic E-state index is 0.137. The van der Waals surface area contributed by atoms with Crippen LogP contribution in [0.5, 0.6) is 0 Å². The van der Waals surface area contributed by atoms with Gasteiger partial charge in [0.25, 0.3) is 10.1 Å². The van der Waals surface area contributed by atoms with Crippen LogP contribution in [-0.4, -0.2) is 22.9 Å². The van der Waals surface area contributed by atoms with Crippen LogP contribution in [0.15, 0.2) is 53.9 Å². The van der Waals surface area contributed by atoms with Crippen molar-refractivity contribution in [1.29, 1.82) is 0 Å². The van der Waals surface area contributed by atoms with E-state index in [1.807, 2.05) is 24.5 Å². The lowest BCUT2D eigenvalue weighted by molar-refractivity contribution is 0.483. The van der Waals surface area contributed by atoms with E-state index in [9.17, 15) is 8.42 Å². The van der Waals surface area contributed by atoms with Gasteiger partial charge in [-0.2, -0.15) is 8.42 Å². The zero-order valence-electron chi connectivity index (χ0n) is 7.74. The van der Waals surface area contributed by atoms with Crippen LogP contribution in [0.4, 0.5) is 0 Å². The van der Waals surface area contributed by atoms with Gasteiger partial charge >= 0.3 is 0 Å². The van der Waals surface area contributed by atoms with E-state index in [1.54, 1.807) is 0 Å². The summed E-state index contributed by atoms with van der Waals surface area (Å²) >= 11 is 0. The van der Waals surface area contributed by atoms with Crippen LogP contribution in [0.25, 0.3) is 0 Å². The molecule has 2 heterocycles. The van der Waals surface area contributed by atoms with Crippen molar-refractivity contribution in [2.24, 2.45) is 0 Å². The lowest BCUT2D eigenvalue weighted by atomic mass is 10.5. The Kier molecular flexibility index (Phi) is 4.02. The molecule has 2 rings (SSSR count). The second kappa shape index (κ2) is 5.28. The Balaban J connectivity index is 0.000000187. The number of H-pyrrole nitrogens is 1. The smallest absolute Gasteiger partial charge is 0.294 e. The zero-order chi connectivity index (χ0) is 11.1. The van der Waals surface area contributed by atoms with Gasteiger partial charge in [-0.1, -0.05) is 0 Å². The first kappa shape index (κ1) is 11.4. The SMILES string of the molecule is O=S(=O)(O)c1ccncc1.c1cc[nH]c1. The van der Waals surface area contributed by atoms with Gasteiger partial charge < -0.3 is 4.98 Å². The van der Waals surface area contributed by atoms with Crippen molar-refractivity contribution in [2.75, 3.05) is 0 Å². The normalized spacial score (nSPS) is 10.2. The number of pyridine rings is 1. The Morgan fingerprint density at radius 1 is 1.13 bits per heavy atom. The highest BCUT2D eigenvalue weighted by Crippen LogP contribution is 2.03. The molecule has 0 aliphatic rings. The number of nitrogens with one attached hydrogen (secondary N) is 1. The Bertz CT molecular complexity index is 448. The van der Waals surface area contributed by atoms with Gasteiger partial charge in [0.1, 0.15) is 0 Å². The molecule has 0 unspecified atom stereocenters. The summed E-state index contributed by atoms with van der Waals surface area (Å²) in [6, 6.07) is 6.32. The predicted molar refractivity (Wildman–Crippen MR) is 54.8 cm³/mol. The van der Waals surface area contributed by atoms with Gasteiger partial charge in [0.2, 0.25) is 0 Å². The van der Waals surface area contributed by atoms with E-state index in [-0.39, 0.29) is 4.90 Å². The molecule has 6 heteroatoms. The molecule has 2 N–H and O–H groups in total. The molecule has 0 bridgehead atoms. The molecule has 0 aromatic carbocycles. The maximum Gasteiger partial charge on any atom is 0.294 e. The maximum absolute atomic E-state index is 10.4. The molecule has 0 radical (unpaired) electrons. The molecular weight excluding hydrogens is 216 g/mol. The van der Waals surface area contributed by atoms with Crippen molar-refractivity contribution >= 4 is 10.1 Å². The summed E-state index contributed by atoms with van der Waals surface area (Å²) in [5, 5.41) is 0. The van der Waals surface area contributed by atoms with Gasteiger partial charge in [0.15, 0.2) is 0 Å². The Labute approximate surface area is 87.6 Å². The fraction of sp³-hybridized carbons (Fsp3) is 0. The minimum Gasteiger partial charge on any atom is -0.368 e. The molecule has 0 aliphatic carbocycles. The van der Waals surface area contributed by atoms with Crippen molar-refractivity contribution < 1.29 is 13.0 Å². The number of aromatic nitrogens is 2. The molecule has 2 aromatic heterocycles. The van der Waals surface area contributed by atoms with Crippen LogP contribution < -0.4 is 0 Å². The molecular formula is C9H10N2O3S. The van der Waals surface area contributed by atoms with Gasteiger partial charge in [-0.3, -0.25) is 9.54 Å². The molecule has 0 saturated heterocycles. The fourth-order valence-electron chi connectivity index (χ4n) is 0.788. The first-order chi connectivity index (χ1) is 7.11. The van der Waals surface area contributed by atoms with Crippen molar-refractivity contribution in [3.8, 4) is 0 Å². The molecule has 0 spiro atoms. The van der Waals surface area contributed by atoms with E-state index in [1.165, 1.54) is 24.5 Å². The number of rotatable bonds is 1. The Morgan fingerprint density at radius 2 is 1.67 bits per heavy atom. The van der Waals surface area contributed by atoms with Crippen molar-refractivity contribution in [3.05, 3.63) is 49.1 Å². The third kappa shape index (κ3) is 4.39. The van der Waals surface area contributed by atoms with Crippen LogP contribution in [0.1, 0.15) is 0 Å². The predicted octanol–water partition coefficient (Wildman–Crippen LogP) is 1.34. The van der Waals surface area contributed by atoms with Crippen LogP contribution in [0, 0.1) is 0 Å². The third-order valence-electron chi connectivity index (χ3n) is 1.44. The molecule has 0 atom stereocenters. The van der Waals surface area contributed by atoms with Gasteiger partial charge in [0, 0.05) is 24.8 Å². The first-order valence-electron chi connectivity index (χ1n) is 4.06. The van der Waals surface area contributed by atoms with Crippen LogP contribution in [0.3, 0.4) is 0 Å². The van der Waals surface area contributed by atoms with E-state index in [0.717, 1.165) is 0 Å². The Hall–Kier alpha value is -1.66. The number of hydrogen-bond acceptors (Lipinski definition) is 3. The quantitative estimate of drug-likeness (QED) is 0.719. The summed E-state index contributed by atoms with van der Waals surface area (Å²) in [5.74, 6) is 0. The average molecular weight is 226 g/mol. The van der Waals surface area contributed by atoms with Gasteiger partial charge in [-0.05, 0) is 24.3 Å². The Morgan fingerprint density at radius 3 is 1.93 bits per heavy atom. The molecule has 80 valence electrons. The molecule has 0 amide bonds. The van der Waals surface area contributed by atoms with E-state index in [4.69, 9.17) is 4.55 Å². The monoisotopic (exact) mass is 226 g/mol. The lowest BCUT2D eigenvalue weighted by Gasteiger charge is -1.91. The first-order valence-corrected chi connectivity index (χ1v) is 5.50. The standard InChI is InChI=1S/C5H5NO3S.C4H5N/c7-10(8,9)5-1-3-6-4-2-5;1-2-4-5-3-1/h1-4H,(H,7,8,9);1-5H. The van der Waals surface area contributed by atoms with E-state index in [0.29, 0.717) is 0 Å². The minimum atomic E-state index is -4.04. The van der Waals surface area contributed by atoms with Gasteiger partial charge in [0.05, 0.1) is 4.90 Å². The van der Waals surface area contributed by atoms with E-state index in [2.05, 4.69) is 9.97 Å². The molecule has 2 aromatic rings. The molecule has 0 saturated carbocycles. The van der Waals surface area contributed by atoms with E-state index < -0.39 is 10.1 Å². The number of aromatic amines is 1. The van der Waals surface area contributed by atoms with E-state index >= 15 is 0 Å². The summed E-state index contributed by atoms with van der Waals surface area (Å²) in [4.78, 5) is 6.31. The van der Waals surface area contributed by atoms with Crippen molar-refractivity contribution in [3.63, 3.8) is 0 Å². The highest BCUT2D eigenvalue weighted by molar-refractivity contribution is 7.85. The molecule has 0 fully saturated rings. The summed E-state index contributed by atoms with van der Waals surface area (Å²) in [7, 11) is -4.04. The summed E-state index contributed by atoms with van der Waals surface area (Å²) < 4.78 is 29.2. The lowest BCUT2D eigenvalue weighted by Crippen LogP contribution is -1.96. The average Bonchev–Trinajstić information content (AvgIpc) is 2.76. The number of nitrogens with zero attached hydrogens (tertiary/aromatic N) is 1. The third-order valence-corrected chi connectivity index (χ3v) is 2.31. The number of hydrogen-bond donors (Lipinski definition) is 2. The van der Waals surface area contributed by atoms with Gasteiger partial charge in [-0.25, -0.2) is 0 Å². The van der Waals surface area contributed by atoms with Crippen LogP contribution in [-0.2, 0) is 10.1 Å². The molecule has 15 heavy (non-hydrogen) atoms. The highest BCUT2D eigenvalue weighted by Gasteiger charge is 2.06.